The first-order chi connectivity index (χ1) is 14.6. The minimum absolute atomic E-state index is 0.326. The maximum absolute atomic E-state index is 11.5. The summed E-state index contributed by atoms with van der Waals surface area (Å²) in [5, 5.41) is 0. The molecule has 0 N–H and O–H groups in total. The van der Waals surface area contributed by atoms with Crippen molar-refractivity contribution in [2.45, 2.75) is 57.7 Å². The summed E-state index contributed by atoms with van der Waals surface area (Å²) in [5.41, 5.74) is 4.66. The fraction of sp³-hybridized carbons (Fsp3) is 0.458. The Balaban J connectivity index is 1.52. The van der Waals surface area contributed by atoms with Gasteiger partial charge in [0, 0.05) is 49.7 Å². The van der Waals surface area contributed by atoms with Gasteiger partial charge in [-0.3, -0.25) is 14.1 Å². The zero-order chi connectivity index (χ0) is 20.7. The van der Waals surface area contributed by atoms with Crippen LogP contribution in [0.25, 0.3) is 17.0 Å². The Morgan fingerprint density at radius 3 is 2.70 bits per heavy atom. The lowest BCUT2D eigenvalue weighted by Crippen LogP contribution is -2.46. The summed E-state index contributed by atoms with van der Waals surface area (Å²) in [6, 6.07) is 11.6. The summed E-state index contributed by atoms with van der Waals surface area (Å²) in [6.45, 7) is 7.05. The van der Waals surface area contributed by atoms with E-state index in [-0.39, 0.29) is 0 Å². The Labute approximate surface area is 177 Å². The van der Waals surface area contributed by atoms with Gasteiger partial charge in [0.15, 0.2) is 0 Å². The summed E-state index contributed by atoms with van der Waals surface area (Å²) < 4.78 is 2.13. The number of rotatable bonds is 5. The minimum atomic E-state index is 0.326. The molecule has 3 aromatic rings. The highest BCUT2D eigenvalue weighted by molar-refractivity contribution is 5.65. The number of fused-ring (bicyclic) bond motifs is 5. The third kappa shape index (κ3) is 3.39. The van der Waals surface area contributed by atoms with Gasteiger partial charge >= 0.3 is 0 Å². The molecule has 0 aliphatic carbocycles. The number of carbonyl (C=O) groups excluding carboxylic acids is 1. The van der Waals surface area contributed by atoms with Gasteiger partial charge in [0.1, 0.15) is 0 Å². The average molecular weight is 404 g/mol. The molecular weight excluding hydrogens is 374 g/mol. The zero-order valence-corrected chi connectivity index (χ0v) is 17.7. The molecule has 156 valence electrons. The molecule has 3 aliphatic rings. The van der Waals surface area contributed by atoms with Crippen LogP contribution < -0.4 is 0 Å². The molecule has 2 unspecified atom stereocenters. The van der Waals surface area contributed by atoms with E-state index in [1.54, 1.807) is 6.20 Å². The molecule has 6 nitrogen and oxygen atoms in total. The van der Waals surface area contributed by atoms with Crippen LogP contribution in [0.1, 0.15) is 50.3 Å². The Morgan fingerprint density at radius 1 is 1.13 bits per heavy atom. The number of imidazole rings is 1. The standard InChI is InChI=1S/C24H29N5O/c1-17(2)18-4-6-19(7-5-18)23-22(29-12-3-11-25-24(29)26-23)15-28-14-21-9-8-20(28)10-13-27(21)16-30/h3-7,11-12,16-17,20-21H,8-10,13-15H2,1-2H3. The predicted molar refractivity (Wildman–Crippen MR) is 117 cm³/mol. The van der Waals surface area contributed by atoms with Crippen LogP contribution >= 0.6 is 0 Å². The van der Waals surface area contributed by atoms with Gasteiger partial charge in [-0.1, -0.05) is 38.1 Å². The number of benzene rings is 1. The molecule has 3 saturated heterocycles. The Hall–Kier alpha value is -2.73. The van der Waals surface area contributed by atoms with Crippen molar-refractivity contribution in [1.82, 2.24) is 24.2 Å². The number of hydrogen-bond acceptors (Lipinski definition) is 4. The van der Waals surface area contributed by atoms with Gasteiger partial charge in [-0.05, 0) is 36.8 Å². The van der Waals surface area contributed by atoms with E-state index in [1.165, 1.54) is 11.3 Å². The van der Waals surface area contributed by atoms with E-state index in [4.69, 9.17) is 4.98 Å². The molecule has 0 saturated carbocycles. The number of amides is 1. The summed E-state index contributed by atoms with van der Waals surface area (Å²) in [4.78, 5) is 25.5. The first-order valence-corrected chi connectivity index (χ1v) is 11.0. The van der Waals surface area contributed by atoms with E-state index in [1.807, 2.05) is 11.0 Å². The molecule has 3 aliphatic heterocycles. The first kappa shape index (κ1) is 19.2. The lowest BCUT2D eigenvalue weighted by atomic mass is 9.97. The molecule has 1 aromatic carbocycles. The van der Waals surface area contributed by atoms with E-state index < -0.39 is 0 Å². The maximum atomic E-state index is 11.5. The van der Waals surface area contributed by atoms with Crippen molar-refractivity contribution in [2.75, 3.05) is 13.1 Å². The maximum Gasteiger partial charge on any atom is 0.234 e. The third-order valence-electron chi connectivity index (χ3n) is 6.83. The van der Waals surface area contributed by atoms with Crippen molar-refractivity contribution >= 4 is 12.2 Å². The lowest BCUT2D eigenvalue weighted by Gasteiger charge is -2.37. The van der Waals surface area contributed by atoms with Crippen molar-refractivity contribution < 1.29 is 4.79 Å². The molecule has 6 heteroatoms. The first-order valence-electron chi connectivity index (χ1n) is 11.0. The molecule has 0 spiro atoms. The molecule has 30 heavy (non-hydrogen) atoms. The van der Waals surface area contributed by atoms with Crippen molar-refractivity contribution in [2.24, 2.45) is 0 Å². The fourth-order valence-electron chi connectivity index (χ4n) is 5.02. The van der Waals surface area contributed by atoms with Crippen LogP contribution in [0.5, 0.6) is 0 Å². The number of hydrogen-bond donors (Lipinski definition) is 0. The molecule has 5 heterocycles. The van der Waals surface area contributed by atoms with E-state index in [9.17, 15) is 4.79 Å². The highest BCUT2D eigenvalue weighted by Gasteiger charge is 2.35. The summed E-state index contributed by atoms with van der Waals surface area (Å²) in [6.07, 6.45) is 8.21. The van der Waals surface area contributed by atoms with E-state index in [0.717, 1.165) is 62.3 Å². The smallest absolute Gasteiger partial charge is 0.234 e. The van der Waals surface area contributed by atoms with Crippen LogP contribution in [0.2, 0.25) is 0 Å². The van der Waals surface area contributed by atoms with Gasteiger partial charge in [-0.25, -0.2) is 9.97 Å². The topological polar surface area (TPSA) is 53.7 Å². The van der Waals surface area contributed by atoms with Crippen LogP contribution in [0.15, 0.2) is 42.7 Å². The normalized spacial score (nSPS) is 22.0. The molecule has 2 bridgehead atoms. The number of nitrogens with zero attached hydrogens (tertiary/aromatic N) is 5. The molecule has 2 aromatic heterocycles. The van der Waals surface area contributed by atoms with E-state index in [2.05, 4.69) is 58.6 Å². The van der Waals surface area contributed by atoms with Crippen LogP contribution in [0.4, 0.5) is 0 Å². The van der Waals surface area contributed by atoms with Gasteiger partial charge in [-0.15, -0.1) is 0 Å². The molecule has 1 amide bonds. The van der Waals surface area contributed by atoms with Crippen molar-refractivity contribution in [1.29, 1.82) is 0 Å². The van der Waals surface area contributed by atoms with Crippen LogP contribution in [0.3, 0.4) is 0 Å². The summed E-state index contributed by atoms with van der Waals surface area (Å²) in [5.74, 6) is 1.25. The molecule has 3 fully saturated rings. The van der Waals surface area contributed by atoms with Crippen molar-refractivity contribution in [3.05, 3.63) is 54.0 Å². The van der Waals surface area contributed by atoms with E-state index >= 15 is 0 Å². The molecular formula is C24H29N5O. The number of piperidine rings is 1. The van der Waals surface area contributed by atoms with Crippen LogP contribution in [0, 0.1) is 0 Å². The largest absolute Gasteiger partial charge is 0.341 e. The zero-order valence-electron chi connectivity index (χ0n) is 17.7. The second kappa shape index (κ2) is 7.84. The molecule has 6 rings (SSSR count). The lowest BCUT2D eigenvalue weighted by molar-refractivity contribution is -0.120. The van der Waals surface area contributed by atoms with Gasteiger partial charge < -0.3 is 4.90 Å². The van der Waals surface area contributed by atoms with Gasteiger partial charge in [-0.2, -0.15) is 0 Å². The minimum Gasteiger partial charge on any atom is -0.341 e. The van der Waals surface area contributed by atoms with E-state index in [0.29, 0.717) is 18.0 Å². The van der Waals surface area contributed by atoms with Crippen molar-refractivity contribution in [3.63, 3.8) is 0 Å². The molecule has 0 radical (unpaired) electrons. The summed E-state index contributed by atoms with van der Waals surface area (Å²) >= 11 is 0. The highest BCUT2D eigenvalue weighted by atomic mass is 16.1. The average Bonchev–Trinajstić information content (AvgIpc) is 2.91. The van der Waals surface area contributed by atoms with Crippen LogP contribution in [-0.4, -0.2) is 55.8 Å². The Morgan fingerprint density at radius 2 is 1.93 bits per heavy atom. The van der Waals surface area contributed by atoms with Crippen LogP contribution in [-0.2, 0) is 11.3 Å². The number of aromatic nitrogens is 3. The molecule has 2 atom stereocenters. The monoisotopic (exact) mass is 403 g/mol. The Kier molecular flexibility index (Phi) is 5.03. The van der Waals surface area contributed by atoms with Gasteiger partial charge in [0.2, 0.25) is 12.2 Å². The van der Waals surface area contributed by atoms with Gasteiger partial charge in [0.25, 0.3) is 0 Å². The second-order valence-corrected chi connectivity index (χ2v) is 8.92. The fourth-order valence-corrected chi connectivity index (χ4v) is 5.02. The second-order valence-electron chi connectivity index (χ2n) is 8.92. The number of carbonyl (C=O) groups is 1. The Bertz CT molecular complexity index is 1040. The summed E-state index contributed by atoms with van der Waals surface area (Å²) in [7, 11) is 0. The predicted octanol–water partition coefficient (Wildman–Crippen LogP) is 3.71. The quantitative estimate of drug-likeness (QED) is 0.610. The third-order valence-corrected chi connectivity index (χ3v) is 6.83. The van der Waals surface area contributed by atoms with Crippen molar-refractivity contribution in [3.8, 4) is 11.3 Å². The van der Waals surface area contributed by atoms with Gasteiger partial charge in [0.05, 0.1) is 11.4 Å². The SMILES string of the molecule is CC(C)c1ccc(-c2nc3ncccn3c2CN2CC3CCC2CCN3C=O)cc1. The highest BCUT2D eigenvalue weighted by Crippen LogP contribution is 2.32.